The van der Waals surface area contributed by atoms with Crippen LogP contribution in [0.5, 0.6) is 11.6 Å². The van der Waals surface area contributed by atoms with Gasteiger partial charge in [0.2, 0.25) is 5.88 Å². The highest BCUT2D eigenvalue weighted by Crippen LogP contribution is 2.40. The summed E-state index contributed by atoms with van der Waals surface area (Å²) in [6.07, 6.45) is 3.34. The smallest absolute Gasteiger partial charge is 0.259 e. The van der Waals surface area contributed by atoms with Crippen molar-refractivity contribution in [3.63, 3.8) is 0 Å². The maximum Gasteiger partial charge on any atom is 0.259 e. The zero-order valence-corrected chi connectivity index (χ0v) is 19.9. The lowest BCUT2D eigenvalue weighted by Gasteiger charge is -2.37. The van der Waals surface area contributed by atoms with Gasteiger partial charge in [-0.15, -0.1) is 0 Å². The summed E-state index contributed by atoms with van der Waals surface area (Å²) in [4.78, 5) is 23.8. The second kappa shape index (κ2) is 9.69. The lowest BCUT2D eigenvalue weighted by atomic mass is 9.99. The van der Waals surface area contributed by atoms with Gasteiger partial charge in [0, 0.05) is 12.3 Å². The first-order valence-corrected chi connectivity index (χ1v) is 11.2. The van der Waals surface area contributed by atoms with Crippen molar-refractivity contribution in [1.29, 1.82) is 0 Å². The van der Waals surface area contributed by atoms with Crippen molar-refractivity contribution in [2.45, 2.75) is 33.7 Å². The van der Waals surface area contributed by atoms with Gasteiger partial charge in [0.05, 0.1) is 42.4 Å². The van der Waals surface area contributed by atoms with Gasteiger partial charge in [-0.05, 0) is 42.2 Å². The molecule has 2 N–H and O–H groups in total. The molecule has 8 nitrogen and oxygen atoms in total. The van der Waals surface area contributed by atoms with E-state index in [1.165, 1.54) is 0 Å². The predicted octanol–water partition coefficient (Wildman–Crippen LogP) is 4.35. The number of rotatable bonds is 6. The van der Waals surface area contributed by atoms with Gasteiger partial charge in [-0.1, -0.05) is 32.9 Å². The number of pyridine rings is 2. The highest BCUT2D eigenvalue weighted by Gasteiger charge is 2.32. The van der Waals surface area contributed by atoms with E-state index in [2.05, 4.69) is 36.1 Å². The van der Waals surface area contributed by atoms with E-state index >= 15 is 0 Å². The summed E-state index contributed by atoms with van der Waals surface area (Å²) in [6, 6.07) is 12.4. The standard InChI is InChI=1S/C26H30N4O4/c1-17-8-10-22(27-12-17)30-19(14-31)15-33-24-20(6-5-7-21(24)30)25(32)29-18-9-11-23(28-13-18)34-16-26(2,3)4/h5-13,19,31H,14-16H2,1-4H3,(H,29,32)/t19-/m0/s1. The molecule has 34 heavy (non-hydrogen) atoms. The maximum absolute atomic E-state index is 13.1. The molecule has 0 spiro atoms. The Balaban J connectivity index is 1.56. The molecule has 0 radical (unpaired) electrons. The molecule has 1 aliphatic heterocycles. The van der Waals surface area contributed by atoms with Gasteiger partial charge in [0.1, 0.15) is 12.4 Å². The molecule has 3 heterocycles. The topological polar surface area (TPSA) is 96.8 Å². The summed E-state index contributed by atoms with van der Waals surface area (Å²) in [6.45, 7) is 8.88. The molecule has 1 aromatic carbocycles. The summed E-state index contributed by atoms with van der Waals surface area (Å²) in [5.74, 6) is 1.32. The van der Waals surface area contributed by atoms with E-state index in [0.29, 0.717) is 41.0 Å². The van der Waals surface area contributed by atoms with Crippen LogP contribution in [0.1, 0.15) is 36.7 Å². The fourth-order valence-corrected chi connectivity index (χ4v) is 3.57. The summed E-state index contributed by atoms with van der Waals surface area (Å²) in [5.41, 5.74) is 2.68. The van der Waals surface area contributed by atoms with Crippen LogP contribution in [0.25, 0.3) is 0 Å². The zero-order chi connectivity index (χ0) is 24.3. The number of aromatic nitrogens is 2. The Morgan fingerprint density at radius 3 is 2.65 bits per heavy atom. The van der Waals surface area contributed by atoms with E-state index in [0.717, 1.165) is 5.56 Å². The highest BCUT2D eigenvalue weighted by atomic mass is 16.5. The number of carbonyl (C=O) groups excluding carboxylic acids is 1. The summed E-state index contributed by atoms with van der Waals surface area (Å²) in [5, 5.41) is 12.8. The van der Waals surface area contributed by atoms with E-state index in [9.17, 15) is 9.90 Å². The number of nitrogens with zero attached hydrogens (tertiary/aromatic N) is 3. The number of aryl methyl sites for hydroxylation is 1. The van der Waals surface area contributed by atoms with Crippen LogP contribution < -0.4 is 19.7 Å². The molecule has 0 fully saturated rings. The second-order valence-corrected chi connectivity index (χ2v) is 9.55. The first-order valence-electron chi connectivity index (χ1n) is 11.2. The Morgan fingerprint density at radius 1 is 1.18 bits per heavy atom. The molecule has 3 aromatic rings. The van der Waals surface area contributed by atoms with Crippen molar-refractivity contribution in [3.8, 4) is 11.6 Å². The van der Waals surface area contributed by atoms with Gasteiger partial charge < -0.3 is 24.8 Å². The Bertz CT molecular complexity index is 1140. The fraction of sp³-hybridized carbons (Fsp3) is 0.346. The van der Waals surface area contributed by atoms with Gasteiger partial charge in [-0.3, -0.25) is 4.79 Å². The zero-order valence-electron chi connectivity index (χ0n) is 19.9. The SMILES string of the molecule is Cc1ccc(N2c3cccc(C(=O)Nc4ccc(OCC(C)(C)C)nc4)c3OC[C@@H]2CO)nc1. The van der Waals surface area contributed by atoms with Crippen molar-refractivity contribution in [3.05, 3.63) is 66.0 Å². The van der Waals surface area contributed by atoms with Crippen LogP contribution in [0, 0.1) is 12.3 Å². The second-order valence-electron chi connectivity index (χ2n) is 9.55. The maximum atomic E-state index is 13.1. The lowest BCUT2D eigenvalue weighted by molar-refractivity contribution is 0.102. The predicted molar refractivity (Wildman–Crippen MR) is 131 cm³/mol. The molecule has 8 heteroatoms. The van der Waals surface area contributed by atoms with E-state index < -0.39 is 0 Å². The largest absolute Gasteiger partial charge is 0.488 e. The van der Waals surface area contributed by atoms with Gasteiger partial charge in [0.25, 0.3) is 5.91 Å². The minimum atomic E-state index is -0.318. The number of nitrogens with one attached hydrogen (secondary N) is 1. The number of amides is 1. The molecule has 1 atom stereocenters. The third-order valence-corrected chi connectivity index (χ3v) is 5.28. The van der Waals surface area contributed by atoms with E-state index in [1.54, 1.807) is 36.7 Å². The van der Waals surface area contributed by atoms with Gasteiger partial charge in [-0.2, -0.15) is 0 Å². The minimum Gasteiger partial charge on any atom is -0.488 e. The first-order chi connectivity index (χ1) is 16.2. The number of para-hydroxylation sites is 1. The number of carbonyl (C=O) groups is 1. The van der Waals surface area contributed by atoms with E-state index in [1.807, 2.05) is 30.0 Å². The Morgan fingerprint density at radius 2 is 2.00 bits per heavy atom. The Kier molecular flexibility index (Phi) is 6.70. The molecule has 0 aliphatic carbocycles. The number of aliphatic hydroxyl groups is 1. The third-order valence-electron chi connectivity index (χ3n) is 5.28. The first kappa shape index (κ1) is 23.5. The molecule has 1 amide bonds. The van der Waals surface area contributed by atoms with Crippen LogP contribution >= 0.6 is 0 Å². The molecule has 0 saturated heterocycles. The monoisotopic (exact) mass is 462 g/mol. The lowest BCUT2D eigenvalue weighted by Crippen LogP contribution is -2.43. The van der Waals surface area contributed by atoms with Crippen molar-refractivity contribution in [2.24, 2.45) is 5.41 Å². The molecule has 1 aliphatic rings. The molecule has 0 unspecified atom stereocenters. The molecule has 0 bridgehead atoms. The number of aliphatic hydroxyl groups excluding tert-OH is 1. The molecule has 178 valence electrons. The van der Waals surface area contributed by atoms with Crippen molar-refractivity contribution >= 4 is 23.1 Å². The number of anilines is 3. The Labute approximate surface area is 199 Å². The number of ether oxygens (including phenoxy) is 2. The quantitative estimate of drug-likeness (QED) is 0.562. The van der Waals surface area contributed by atoms with Crippen molar-refractivity contribution < 1.29 is 19.4 Å². The summed E-state index contributed by atoms with van der Waals surface area (Å²) >= 11 is 0. The average molecular weight is 463 g/mol. The molecule has 4 rings (SSSR count). The number of hydrogen-bond acceptors (Lipinski definition) is 7. The fourth-order valence-electron chi connectivity index (χ4n) is 3.57. The van der Waals surface area contributed by atoms with Crippen LogP contribution in [0.15, 0.2) is 54.9 Å². The summed E-state index contributed by atoms with van der Waals surface area (Å²) in [7, 11) is 0. The van der Waals surface area contributed by atoms with Crippen LogP contribution in [0.4, 0.5) is 17.2 Å². The normalized spacial score (nSPS) is 15.3. The van der Waals surface area contributed by atoms with Crippen LogP contribution in [0.3, 0.4) is 0 Å². The minimum absolute atomic E-state index is 0.0258. The van der Waals surface area contributed by atoms with Crippen LogP contribution in [-0.2, 0) is 0 Å². The average Bonchev–Trinajstić information content (AvgIpc) is 2.82. The van der Waals surface area contributed by atoms with Gasteiger partial charge in [-0.25, -0.2) is 9.97 Å². The Hall–Kier alpha value is -3.65. The van der Waals surface area contributed by atoms with Crippen LogP contribution in [-0.4, -0.2) is 46.8 Å². The van der Waals surface area contributed by atoms with Crippen molar-refractivity contribution in [1.82, 2.24) is 9.97 Å². The molecular weight excluding hydrogens is 432 g/mol. The van der Waals surface area contributed by atoms with E-state index in [4.69, 9.17) is 9.47 Å². The van der Waals surface area contributed by atoms with Gasteiger partial charge in [0.15, 0.2) is 5.75 Å². The van der Waals surface area contributed by atoms with E-state index in [-0.39, 0.29) is 30.6 Å². The number of benzene rings is 1. The van der Waals surface area contributed by atoms with Gasteiger partial charge >= 0.3 is 0 Å². The molecular formula is C26H30N4O4. The number of fused-ring (bicyclic) bond motifs is 1. The highest BCUT2D eigenvalue weighted by molar-refractivity contribution is 6.07. The number of hydrogen-bond donors (Lipinski definition) is 2. The van der Waals surface area contributed by atoms with Crippen molar-refractivity contribution in [2.75, 3.05) is 30.0 Å². The molecule has 0 saturated carbocycles. The summed E-state index contributed by atoms with van der Waals surface area (Å²) < 4.78 is 11.6. The van der Waals surface area contributed by atoms with Crippen LogP contribution in [0.2, 0.25) is 0 Å². The molecule has 2 aromatic heterocycles. The third kappa shape index (κ3) is 5.28.